The highest BCUT2D eigenvalue weighted by Crippen LogP contribution is 1.97. The van der Waals surface area contributed by atoms with Gasteiger partial charge in [0, 0.05) is 32.9 Å². The molecule has 21 heavy (non-hydrogen) atoms. The normalized spacial score (nSPS) is 11.1. The summed E-state index contributed by atoms with van der Waals surface area (Å²) in [7, 11) is 1.82. The van der Waals surface area contributed by atoms with E-state index in [1.54, 1.807) is 0 Å². The summed E-state index contributed by atoms with van der Waals surface area (Å²) in [5.41, 5.74) is 1.21. The van der Waals surface area contributed by atoms with E-state index >= 15 is 0 Å². The molecule has 122 valence electrons. The van der Waals surface area contributed by atoms with Crippen LogP contribution in [0.25, 0.3) is 0 Å². The number of nitrogens with zero attached hydrogens (tertiary/aromatic N) is 3. The molecule has 0 aromatic carbocycles. The van der Waals surface area contributed by atoms with Crippen LogP contribution in [0.3, 0.4) is 0 Å². The van der Waals surface area contributed by atoms with E-state index < -0.39 is 0 Å². The second-order valence-corrected chi connectivity index (χ2v) is 5.12. The number of aryl methyl sites for hydroxylation is 2. The molecule has 0 atom stereocenters. The molecule has 2 N–H and O–H groups in total. The fourth-order valence-electron chi connectivity index (χ4n) is 2.02. The van der Waals surface area contributed by atoms with Gasteiger partial charge in [-0.05, 0) is 25.3 Å². The van der Waals surface area contributed by atoms with Crippen molar-refractivity contribution in [3.05, 3.63) is 18.0 Å². The largest absolute Gasteiger partial charge is 0.356 e. The van der Waals surface area contributed by atoms with E-state index in [-0.39, 0.29) is 24.0 Å². The molecule has 0 radical (unpaired) electrons. The molecule has 1 rings (SSSR count). The number of guanidine groups is 1. The second-order valence-electron chi connectivity index (χ2n) is 5.12. The molecule has 1 aromatic heterocycles. The lowest BCUT2D eigenvalue weighted by Crippen LogP contribution is -2.38. The average Bonchev–Trinajstić information content (AvgIpc) is 2.86. The molecule has 0 amide bonds. The van der Waals surface area contributed by atoms with E-state index in [9.17, 15) is 0 Å². The Bertz CT molecular complexity index is 389. The minimum absolute atomic E-state index is 0. The molecule has 0 aliphatic rings. The molecule has 0 bridgehead atoms. The zero-order valence-corrected chi connectivity index (χ0v) is 15.9. The molecule has 6 heteroatoms. The average molecular weight is 407 g/mol. The maximum atomic E-state index is 4.27. The van der Waals surface area contributed by atoms with Gasteiger partial charge in [0.2, 0.25) is 0 Å². The highest BCUT2D eigenvalue weighted by atomic mass is 127. The third-order valence-electron chi connectivity index (χ3n) is 3.17. The Balaban J connectivity index is 0.00000400. The summed E-state index contributed by atoms with van der Waals surface area (Å²) in [6.45, 7) is 7.14. The third-order valence-corrected chi connectivity index (χ3v) is 3.17. The molecule has 1 heterocycles. The van der Waals surface area contributed by atoms with Crippen LogP contribution in [-0.2, 0) is 6.54 Å². The molecule has 0 aliphatic heterocycles. The van der Waals surface area contributed by atoms with Crippen LogP contribution in [0.2, 0.25) is 0 Å². The number of hydrogen-bond acceptors (Lipinski definition) is 2. The van der Waals surface area contributed by atoms with E-state index in [2.05, 4.69) is 40.8 Å². The highest BCUT2D eigenvalue weighted by Gasteiger charge is 1.97. The van der Waals surface area contributed by atoms with Gasteiger partial charge in [-0.1, -0.05) is 26.2 Å². The Labute approximate surface area is 146 Å². The standard InChI is InChI=1S/C15H29N5.HI/c1-4-5-6-7-9-17-15(16-3)18-10-8-11-20-13-14(2)12-19-20;/h12-13H,4-11H2,1-3H3,(H2,16,17,18);1H. The van der Waals surface area contributed by atoms with Crippen molar-refractivity contribution in [2.45, 2.75) is 52.5 Å². The molecule has 0 spiro atoms. The van der Waals surface area contributed by atoms with Crippen LogP contribution < -0.4 is 10.6 Å². The number of aromatic nitrogens is 2. The summed E-state index contributed by atoms with van der Waals surface area (Å²) in [6, 6.07) is 0. The molecule has 0 fully saturated rings. The molecule has 0 unspecified atom stereocenters. The summed E-state index contributed by atoms with van der Waals surface area (Å²) >= 11 is 0. The third kappa shape index (κ3) is 9.71. The molecule has 1 aromatic rings. The summed E-state index contributed by atoms with van der Waals surface area (Å²) in [4.78, 5) is 4.23. The van der Waals surface area contributed by atoms with Crippen molar-refractivity contribution >= 4 is 29.9 Å². The van der Waals surface area contributed by atoms with Gasteiger partial charge in [-0.3, -0.25) is 9.67 Å². The number of nitrogens with one attached hydrogen (secondary N) is 2. The Hall–Kier alpha value is -0.790. The van der Waals surface area contributed by atoms with E-state index in [1.165, 1.54) is 31.2 Å². The fourth-order valence-corrected chi connectivity index (χ4v) is 2.02. The topological polar surface area (TPSA) is 54.2 Å². The van der Waals surface area contributed by atoms with Gasteiger partial charge in [0.25, 0.3) is 0 Å². The number of aliphatic imine (C=N–C) groups is 1. The lowest BCUT2D eigenvalue weighted by atomic mass is 10.2. The number of rotatable bonds is 9. The van der Waals surface area contributed by atoms with Crippen LogP contribution >= 0.6 is 24.0 Å². The first-order valence-electron chi connectivity index (χ1n) is 7.70. The summed E-state index contributed by atoms with van der Waals surface area (Å²) in [6.07, 6.45) is 10.1. The minimum Gasteiger partial charge on any atom is -0.356 e. The monoisotopic (exact) mass is 407 g/mol. The molecular formula is C15H30IN5. The van der Waals surface area contributed by atoms with Crippen molar-refractivity contribution in [1.29, 1.82) is 0 Å². The lowest BCUT2D eigenvalue weighted by molar-refractivity contribution is 0.568. The summed E-state index contributed by atoms with van der Waals surface area (Å²) < 4.78 is 1.98. The van der Waals surface area contributed by atoms with Gasteiger partial charge >= 0.3 is 0 Å². The summed E-state index contributed by atoms with van der Waals surface area (Å²) in [5.74, 6) is 0.901. The number of unbranched alkanes of at least 4 members (excludes halogenated alkanes) is 3. The Morgan fingerprint density at radius 2 is 1.90 bits per heavy atom. The van der Waals surface area contributed by atoms with E-state index in [1.807, 2.05) is 17.9 Å². The quantitative estimate of drug-likeness (QED) is 0.287. The van der Waals surface area contributed by atoms with Gasteiger partial charge in [-0.15, -0.1) is 24.0 Å². The maximum Gasteiger partial charge on any atom is 0.190 e. The van der Waals surface area contributed by atoms with E-state index in [0.29, 0.717) is 0 Å². The summed E-state index contributed by atoms with van der Waals surface area (Å²) in [5, 5.41) is 11.0. The first-order valence-corrected chi connectivity index (χ1v) is 7.70. The van der Waals surface area contributed by atoms with Gasteiger partial charge in [0.05, 0.1) is 6.20 Å². The van der Waals surface area contributed by atoms with Crippen molar-refractivity contribution in [2.24, 2.45) is 4.99 Å². The van der Waals surface area contributed by atoms with Crippen molar-refractivity contribution < 1.29 is 0 Å². The van der Waals surface area contributed by atoms with Crippen molar-refractivity contribution in [3.63, 3.8) is 0 Å². The van der Waals surface area contributed by atoms with E-state index in [0.717, 1.165) is 32.0 Å². The molecular weight excluding hydrogens is 377 g/mol. The van der Waals surface area contributed by atoms with Crippen LogP contribution in [0.4, 0.5) is 0 Å². The Morgan fingerprint density at radius 3 is 2.48 bits per heavy atom. The predicted octanol–water partition coefficient (Wildman–Crippen LogP) is 2.94. The van der Waals surface area contributed by atoms with Gasteiger partial charge in [0.1, 0.15) is 0 Å². The smallest absolute Gasteiger partial charge is 0.190 e. The van der Waals surface area contributed by atoms with Crippen LogP contribution in [0.5, 0.6) is 0 Å². The van der Waals surface area contributed by atoms with Crippen LogP contribution in [0.15, 0.2) is 17.4 Å². The minimum atomic E-state index is 0. The van der Waals surface area contributed by atoms with Crippen LogP contribution in [-0.4, -0.2) is 35.9 Å². The van der Waals surface area contributed by atoms with Crippen LogP contribution in [0.1, 0.15) is 44.6 Å². The first-order chi connectivity index (χ1) is 9.76. The number of halogens is 1. The zero-order chi connectivity index (χ0) is 14.6. The van der Waals surface area contributed by atoms with Crippen molar-refractivity contribution in [1.82, 2.24) is 20.4 Å². The molecule has 0 saturated carbocycles. The van der Waals surface area contributed by atoms with E-state index in [4.69, 9.17) is 0 Å². The van der Waals surface area contributed by atoms with Crippen molar-refractivity contribution in [3.8, 4) is 0 Å². The lowest BCUT2D eigenvalue weighted by Gasteiger charge is -2.11. The zero-order valence-electron chi connectivity index (χ0n) is 13.6. The first kappa shape index (κ1) is 20.2. The SMILES string of the molecule is CCCCCCNC(=NC)NCCCn1cc(C)cn1.I. The molecule has 0 aliphatic carbocycles. The maximum absolute atomic E-state index is 4.27. The van der Waals surface area contributed by atoms with Crippen LogP contribution in [0, 0.1) is 6.92 Å². The predicted molar refractivity (Wildman–Crippen MR) is 101 cm³/mol. The molecule has 0 saturated heterocycles. The van der Waals surface area contributed by atoms with Gasteiger partial charge < -0.3 is 10.6 Å². The Morgan fingerprint density at radius 1 is 1.19 bits per heavy atom. The van der Waals surface area contributed by atoms with Crippen molar-refractivity contribution in [2.75, 3.05) is 20.1 Å². The van der Waals surface area contributed by atoms with Gasteiger partial charge in [-0.25, -0.2) is 0 Å². The number of hydrogen-bond donors (Lipinski definition) is 2. The highest BCUT2D eigenvalue weighted by molar-refractivity contribution is 14.0. The van der Waals surface area contributed by atoms with Gasteiger partial charge in [-0.2, -0.15) is 5.10 Å². The fraction of sp³-hybridized carbons (Fsp3) is 0.733. The second kappa shape index (κ2) is 12.9. The molecule has 5 nitrogen and oxygen atoms in total. The van der Waals surface area contributed by atoms with Gasteiger partial charge in [0.15, 0.2) is 5.96 Å². The Kier molecular flexibility index (Phi) is 12.4.